The fourth-order valence-electron chi connectivity index (χ4n) is 2.68. The van der Waals surface area contributed by atoms with Gasteiger partial charge in [-0.05, 0) is 31.2 Å². The minimum absolute atomic E-state index is 0.134. The molecule has 0 radical (unpaired) electrons. The smallest absolute Gasteiger partial charge is 0.255 e. The van der Waals surface area contributed by atoms with Gasteiger partial charge in [0.25, 0.3) is 5.91 Å². The number of aryl methyl sites for hydroxylation is 1. The molecule has 0 saturated heterocycles. The molecule has 1 aromatic heterocycles. The Morgan fingerprint density at radius 1 is 1.13 bits per heavy atom. The van der Waals surface area contributed by atoms with E-state index in [1.54, 1.807) is 54.4 Å². The van der Waals surface area contributed by atoms with Crippen LogP contribution in [0.15, 0.2) is 52.7 Å². The number of carbonyl (C=O) groups excluding carboxylic acids is 2. The molecular formula is C21H19Cl2N3O2S2. The number of thioether (sulfide) groups is 1. The second kappa shape index (κ2) is 10.3. The number of nitrogens with zero attached hydrogens (tertiary/aromatic N) is 2. The summed E-state index contributed by atoms with van der Waals surface area (Å²) in [5.41, 5.74) is 1.86. The first-order valence-corrected chi connectivity index (χ1v) is 11.6. The molecule has 0 saturated carbocycles. The lowest BCUT2D eigenvalue weighted by Crippen LogP contribution is -2.35. The van der Waals surface area contributed by atoms with Gasteiger partial charge in [-0.3, -0.25) is 9.59 Å². The van der Waals surface area contributed by atoms with Crippen LogP contribution in [0.25, 0.3) is 0 Å². The molecule has 2 aromatic carbocycles. The summed E-state index contributed by atoms with van der Waals surface area (Å²) in [4.78, 5) is 32.1. The van der Waals surface area contributed by atoms with Gasteiger partial charge in [0.2, 0.25) is 5.91 Å². The SMILES string of the molecule is Cc1nc(CSc2ccccc2C(=O)N(C)CC(=O)Nc2c(Cl)cccc2Cl)cs1. The van der Waals surface area contributed by atoms with Crippen molar-refractivity contribution in [3.63, 3.8) is 0 Å². The summed E-state index contributed by atoms with van der Waals surface area (Å²) in [5.74, 6) is 0.0426. The Hall–Kier alpha value is -2.06. The highest BCUT2D eigenvalue weighted by molar-refractivity contribution is 7.98. The van der Waals surface area contributed by atoms with Gasteiger partial charge in [0, 0.05) is 23.1 Å². The van der Waals surface area contributed by atoms with Crippen LogP contribution in [0.2, 0.25) is 10.0 Å². The molecular weight excluding hydrogens is 461 g/mol. The number of benzene rings is 2. The Morgan fingerprint density at radius 3 is 2.50 bits per heavy atom. The molecule has 0 aliphatic heterocycles. The van der Waals surface area contributed by atoms with Crippen molar-refractivity contribution < 1.29 is 9.59 Å². The summed E-state index contributed by atoms with van der Waals surface area (Å²) < 4.78 is 0. The van der Waals surface area contributed by atoms with E-state index in [2.05, 4.69) is 10.3 Å². The zero-order valence-electron chi connectivity index (χ0n) is 16.3. The van der Waals surface area contributed by atoms with E-state index in [9.17, 15) is 9.59 Å². The fourth-order valence-corrected chi connectivity index (χ4v) is 4.83. The van der Waals surface area contributed by atoms with Crippen LogP contribution in [0, 0.1) is 6.92 Å². The number of hydrogen-bond donors (Lipinski definition) is 1. The van der Waals surface area contributed by atoms with Crippen molar-refractivity contribution >= 4 is 63.8 Å². The van der Waals surface area contributed by atoms with Crippen molar-refractivity contribution in [2.75, 3.05) is 18.9 Å². The van der Waals surface area contributed by atoms with Crippen LogP contribution in [-0.4, -0.2) is 35.3 Å². The second-order valence-corrected chi connectivity index (χ2v) is 9.34. The third-order valence-corrected chi connectivity index (χ3v) is 6.67. The summed E-state index contributed by atoms with van der Waals surface area (Å²) in [6.45, 7) is 1.83. The van der Waals surface area contributed by atoms with Crippen LogP contribution in [0.3, 0.4) is 0 Å². The van der Waals surface area contributed by atoms with E-state index >= 15 is 0 Å². The van der Waals surface area contributed by atoms with Gasteiger partial charge in [-0.15, -0.1) is 23.1 Å². The molecule has 0 unspecified atom stereocenters. The number of thiazole rings is 1. The zero-order chi connectivity index (χ0) is 21.7. The molecule has 0 spiro atoms. The summed E-state index contributed by atoms with van der Waals surface area (Å²) >= 11 is 15.3. The Bertz CT molecular complexity index is 1050. The molecule has 156 valence electrons. The number of likely N-dealkylation sites (N-methyl/N-ethyl adjacent to an activating group) is 1. The van der Waals surface area contributed by atoms with E-state index in [1.807, 2.05) is 30.5 Å². The first kappa shape index (κ1) is 22.6. The number of para-hydroxylation sites is 1. The highest BCUT2D eigenvalue weighted by atomic mass is 35.5. The summed E-state index contributed by atoms with van der Waals surface area (Å²) in [7, 11) is 1.58. The van der Waals surface area contributed by atoms with Crippen molar-refractivity contribution in [3.05, 3.63) is 74.2 Å². The quantitative estimate of drug-likeness (QED) is 0.437. The Balaban J connectivity index is 1.66. The zero-order valence-corrected chi connectivity index (χ0v) is 19.5. The maximum absolute atomic E-state index is 13.0. The predicted octanol–water partition coefficient (Wildman–Crippen LogP) is 5.76. The van der Waals surface area contributed by atoms with Gasteiger partial charge in [0.1, 0.15) is 0 Å². The van der Waals surface area contributed by atoms with E-state index in [0.717, 1.165) is 15.6 Å². The van der Waals surface area contributed by atoms with Gasteiger partial charge >= 0.3 is 0 Å². The minimum atomic E-state index is -0.385. The molecule has 30 heavy (non-hydrogen) atoms. The van der Waals surface area contributed by atoms with Gasteiger partial charge in [-0.25, -0.2) is 4.98 Å². The highest BCUT2D eigenvalue weighted by Gasteiger charge is 2.19. The number of nitrogens with one attached hydrogen (secondary N) is 1. The molecule has 0 atom stereocenters. The molecule has 9 heteroatoms. The second-order valence-electron chi connectivity index (χ2n) is 6.45. The summed E-state index contributed by atoms with van der Waals surface area (Å²) in [6, 6.07) is 12.3. The van der Waals surface area contributed by atoms with Gasteiger partial charge < -0.3 is 10.2 Å². The van der Waals surface area contributed by atoms with Gasteiger partial charge in [0.05, 0.1) is 38.5 Å². The maximum Gasteiger partial charge on any atom is 0.255 e. The molecule has 0 aliphatic rings. The number of rotatable bonds is 7. The monoisotopic (exact) mass is 479 g/mol. The molecule has 0 bridgehead atoms. The van der Waals surface area contributed by atoms with Gasteiger partial charge in [0.15, 0.2) is 0 Å². The largest absolute Gasteiger partial charge is 0.332 e. The molecule has 5 nitrogen and oxygen atoms in total. The Labute approximate surface area is 193 Å². The van der Waals surface area contributed by atoms with Crippen LogP contribution < -0.4 is 5.32 Å². The highest BCUT2D eigenvalue weighted by Crippen LogP contribution is 2.30. The molecule has 3 rings (SSSR count). The van der Waals surface area contributed by atoms with E-state index < -0.39 is 0 Å². The van der Waals surface area contributed by atoms with Crippen molar-refractivity contribution in [2.24, 2.45) is 0 Å². The fraction of sp³-hybridized carbons (Fsp3) is 0.190. The first-order valence-electron chi connectivity index (χ1n) is 8.97. The van der Waals surface area contributed by atoms with E-state index in [4.69, 9.17) is 23.2 Å². The molecule has 0 aliphatic carbocycles. The van der Waals surface area contributed by atoms with Crippen LogP contribution in [0.1, 0.15) is 21.1 Å². The maximum atomic E-state index is 13.0. The molecule has 1 heterocycles. The van der Waals surface area contributed by atoms with Crippen LogP contribution in [0.5, 0.6) is 0 Å². The lowest BCUT2D eigenvalue weighted by atomic mass is 10.2. The number of anilines is 1. The number of aromatic nitrogens is 1. The molecule has 3 aromatic rings. The first-order chi connectivity index (χ1) is 14.3. The molecule has 1 N–H and O–H groups in total. The molecule has 2 amide bonds. The van der Waals surface area contributed by atoms with E-state index in [0.29, 0.717) is 27.0 Å². The number of amides is 2. The normalized spacial score (nSPS) is 10.7. The summed E-state index contributed by atoms with van der Waals surface area (Å²) in [6.07, 6.45) is 0. The van der Waals surface area contributed by atoms with E-state index in [-0.39, 0.29) is 18.4 Å². The van der Waals surface area contributed by atoms with Crippen molar-refractivity contribution in [2.45, 2.75) is 17.6 Å². The van der Waals surface area contributed by atoms with Crippen molar-refractivity contribution in [3.8, 4) is 0 Å². The summed E-state index contributed by atoms with van der Waals surface area (Å²) in [5, 5.41) is 6.37. The van der Waals surface area contributed by atoms with Gasteiger partial charge in [-0.1, -0.05) is 41.4 Å². The predicted molar refractivity (Wildman–Crippen MR) is 125 cm³/mol. The Kier molecular flexibility index (Phi) is 7.77. The number of hydrogen-bond acceptors (Lipinski definition) is 5. The average Bonchev–Trinajstić information content (AvgIpc) is 3.14. The van der Waals surface area contributed by atoms with E-state index in [1.165, 1.54) is 4.90 Å². The van der Waals surface area contributed by atoms with Crippen LogP contribution in [-0.2, 0) is 10.5 Å². The Morgan fingerprint density at radius 2 is 1.83 bits per heavy atom. The number of carbonyl (C=O) groups is 2. The van der Waals surface area contributed by atoms with Crippen LogP contribution in [0.4, 0.5) is 5.69 Å². The third kappa shape index (κ3) is 5.76. The topological polar surface area (TPSA) is 62.3 Å². The standard InChI is InChI=1S/C21H19Cl2N3O2S2/c1-13-24-14(11-29-13)12-30-18-9-4-3-6-15(18)21(28)26(2)10-19(27)25-20-16(22)7-5-8-17(20)23/h3-9,11H,10,12H2,1-2H3,(H,25,27). The van der Waals surface area contributed by atoms with Crippen molar-refractivity contribution in [1.29, 1.82) is 0 Å². The van der Waals surface area contributed by atoms with Gasteiger partial charge in [-0.2, -0.15) is 0 Å². The lowest BCUT2D eigenvalue weighted by Gasteiger charge is -2.19. The van der Waals surface area contributed by atoms with Crippen LogP contribution >= 0.6 is 46.3 Å². The van der Waals surface area contributed by atoms with Crippen molar-refractivity contribution in [1.82, 2.24) is 9.88 Å². The lowest BCUT2D eigenvalue weighted by molar-refractivity contribution is -0.116. The average molecular weight is 480 g/mol. The third-order valence-electron chi connectivity index (χ3n) is 4.11. The number of halogens is 2. The minimum Gasteiger partial charge on any atom is -0.332 e. The molecule has 0 fully saturated rings.